The molecule has 2 aromatic heterocycles. The number of anilines is 2. The van der Waals surface area contributed by atoms with Gasteiger partial charge in [0.25, 0.3) is 5.91 Å². The summed E-state index contributed by atoms with van der Waals surface area (Å²) in [5, 5.41) is 30.6. The summed E-state index contributed by atoms with van der Waals surface area (Å²) in [7, 11) is 1.78. The van der Waals surface area contributed by atoms with Gasteiger partial charge in [-0.1, -0.05) is 13.8 Å². The van der Waals surface area contributed by atoms with Crippen LogP contribution in [0.1, 0.15) is 46.5 Å². The number of nitriles is 1. The molecule has 210 valence electrons. The molecule has 2 aromatic carbocycles. The first-order valence-electron chi connectivity index (χ1n) is 12.8. The molecule has 0 radical (unpaired) electrons. The van der Waals surface area contributed by atoms with E-state index in [0.29, 0.717) is 40.4 Å². The predicted octanol–water partition coefficient (Wildman–Crippen LogP) is 5.16. The number of aliphatic hydroxyl groups excluding tert-OH is 1. The van der Waals surface area contributed by atoms with Crippen LogP contribution in [-0.2, 0) is 26.4 Å². The van der Waals surface area contributed by atoms with Crippen molar-refractivity contribution in [3.63, 3.8) is 0 Å². The van der Waals surface area contributed by atoms with Crippen molar-refractivity contribution in [2.45, 2.75) is 33.2 Å². The first-order valence-corrected chi connectivity index (χ1v) is 12.8. The van der Waals surface area contributed by atoms with E-state index in [4.69, 9.17) is 0 Å². The maximum Gasteiger partial charge on any atom is 0.416 e. The summed E-state index contributed by atoms with van der Waals surface area (Å²) < 4.78 is 43.6. The SMILES string of the molecule is CC(C)CNc1cc(-c2cc(C#N)ccc2-c2nncn2C)cc(N2Cc3c(cc(CO)cc3C(F)(F)F)C2=O)n1. The highest BCUT2D eigenvalue weighted by atomic mass is 19.4. The van der Waals surface area contributed by atoms with Crippen molar-refractivity contribution in [2.24, 2.45) is 13.0 Å². The number of pyridine rings is 1. The monoisotopic (exact) mass is 561 g/mol. The maximum absolute atomic E-state index is 13.9. The van der Waals surface area contributed by atoms with Gasteiger partial charge in [0.05, 0.1) is 30.3 Å². The van der Waals surface area contributed by atoms with E-state index in [0.717, 1.165) is 6.07 Å². The quantitative estimate of drug-likeness (QED) is 0.320. The molecule has 1 aliphatic heterocycles. The zero-order chi connectivity index (χ0) is 29.5. The Bertz CT molecular complexity index is 1690. The minimum absolute atomic E-state index is 0.00564. The van der Waals surface area contributed by atoms with Crippen LogP contribution in [0, 0.1) is 17.2 Å². The lowest BCUT2D eigenvalue weighted by molar-refractivity contribution is -0.138. The molecule has 0 atom stereocenters. The van der Waals surface area contributed by atoms with Crippen LogP contribution < -0.4 is 10.2 Å². The number of carbonyl (C=O) groups is 1. The fraction of sp³-hybridized carbons (Fsp3) is 0.276. The van der Waals surface area contributed by atoms with Crippen LogP contribution in [0.3, 0.4) is 0 Å². The fourth-order valence-electron chi connectivity index (χ4n) is 4.78. The number of nitrogens with one attached hydrogen (secondary N) is 1. The van der Waals surface area contributed by atoms with Gasteiger partial charge in [0.15, 0.2) is 5.82 Å². The molecular weight excluding hydrogens is 535 g/mol. The van der Waals surface area contributed by atoms with Gasteiger partial charge in [-0.15, -0.1) is 10.2 Å². The lowest BCUT2D eigenvalue weighted by atomic mass is 9.97. The third-order valence-electron chi connectivity index (χ3n) is 6.78. The van der Waals surface area contributed by atoms with Gasteiger partial charge < -0.3 is 15.0 Å². The molecule has 4 aromatic rings. The second-order valence-corrected chi connectivity index (χ2v) is 10.2. The summed E-state index contributed by atoms with van der Waals surface area (Å²) in [6.45, 7) is 3.59. The molecule has 1 amide bonds. The summed E-state index contributed by atoms with van der Waals surface area (Å²) in [5.74, 6) is 0.687. The molecule has 0 saturated carbocycles. The van der Waals surface area contributed by atoms with Gasteiger partial charge in [-0.05, 0) is 70.6 Å². The summed E-state index contributed by atoms with van der Waals surface area (Å²) in [5.41, 5.74) is 0.973. The van der Waals surface area contributed by atoms with E-state index < -0.39 is 24.3 Å². The van der Waals surface area contributed by atoms with E-state index in [1.165, 1.54) is 11.0 Å². The van der Waals surface area contributed by atoms with Crippen LogP contribution in [-0.4, -0.2) is 37.3 Å². The lowest BCUT2D eigenvalue weighted by Crippen LogP contribution is -2.24. The number of hydrogen-bond acceptors (Lipinski definition) is 7. The fourth-order valence-corrected chi connectivity index (χ4v) is 4.78. The zero-order valence-corrected chi connectivity index (χ0v) is 22.5. The van der Waals surface area contributed by atoms with Crippen molar-refractivity contribution >= 4 is 17.5 Å². The molecule has 1 aliphatic rings. The standard InChI is InChI=1S/C29H26F3N7O2/c1-16(2)12-34-25-9-19(21-6-17(11-33)4-5-20(21)27-37-35-15-38(27)3)10-26(36-25)39-13-23-22(28(39)41)7-18(14-40)8-24(23)29(30,31)32/h4-10,15-16,40H,12-14H2,1-3H3,(H,34,36). The summed E-state index contributed by atoms with van der Waals surface area (Å²) in [6.07, 6.45) is -3.17. The molecule has 41 heavy (non-hydrogen) atoms. The van der Waals surface area contributed by atoms with Crippen LogP contribution in [0.5, 0.6) is 0 Å². The van der Waals surface area contributed by atoms with Gasteiger partial charge in [0, 0.05) is 24.7 Å². The van der Waals surface area contributed by atoms with E-state index in [-0.39, 0.29) is 35.0 Å². The van der Waals surface area contributed by atoms with E-state index in [1.54, 1.807) is 48.3 Å². The molecule has 0 saturated heterocycles. The zero-order valence-electron chi connectivity index (χ0n) is 22.5. The predicted molar refractivity (Wildman–Crippen MR) is 146 cm³/mol. The molecular formula is C29H26F3N7O2. The molecule has 5 rings (SSSR count). The molecule has 9 nitrogen and oxygen atoms in total. The summed E-state index contributed by atoms with van der Waals surface area (Å²) in [4.78, 5) is 19.3. The summed E-state index contributed by atoms with van der Waals surface area (Å²) in [6, 6.07) is 12.8. The Labute approximate surface area is 233 Å². The number of amides is 1. The van der Waals surface area contributed by atoms with Crippen LogP contribution in [0.15, 0.2) is 48.8 Å². The molecule has 0 unspecified atom stereocenters. The third-order valence-corrected chi connectivity index (χ3v) is 6.78. The number of aromatic nitrogens is 4. The molecule has 3 heterocycles. The molecule has 0 fully saturated rings. The normalized spacial score (nSPS) is 13.0. The first kappa shape index (κ1) is 27.8. The number of carbonyl (C=O) groups excluding carboxylic acids is 1. The number of benzene rings is 2. The third kappa shape index (κ3) is 5.36. The van der Waals surface area contributed by atoms with Gasteiger partial charge in [-0.2, -0.15) is 18.4 Å². The van der Waals surface area contributed by atoms with Crippen LogP contribution in [0.4, 0.5) is 24.8 Å². The Hall–Kier alpha value is -4.76. The number of nitrogens with zero attached hydrogens (tertiary/aromatic N) is 6. The minimum atomic E-state index is -4.71. The lowest BCUT2D eigenvalue weighted by Gasteiger charge is -2.20. The van der Waals surface area contributed by atoms with Crippen LogP contribution in [0.2, 0.25) is 0 Å². The van der Waals surface area contributed by atoms with Crippen LogP contribution in [0.25, 0.3) is 22.5 Å². The summed E-state index contributed by atoms with van der Waals surface area (Å²) >= 11 is 0. The number of halogens is 3. The Morgan fingerprint density at radius 1 is 1.12 bits per heavy atom. The van der Waals surface area contributed by atoms with Crippen molar-refractivity contribution in [3.05, 3.63) is 76.6 Å². The highest BCUT2D eigenvalue weighted by Crippen LogP contribution is 2.41. The largest absolute Gasteiger partial charge is 0.416 e. The van der Waals surface area contributed by atoms with Gasteiger partial charge in [0.1, 0.15) is 18.0 Å². The van der Waals surface area contributed by atoms with Crippen molar-refractivity contribution in [2.75, 3.05) is 16.8 Å². The minimum Gasteiger partial charge on any atom is -0.392 e. The Morgan fingerprint density at radius 3 is 2.54 bits per heavy atom. The van der Waals surface area contributed by atoms with E-state index in [1.807, 2.05) is 13.8 Å². The highest BCUT2D eigenvalue weighted by Gasteiger charge is 2.41. The molecule has 2 N–H and O–H groups in total. The van der Waals surface area contributed by atoms with E-state index >= 15 is 0 Å². The topological polar surface area (TPSA) is 120 Å². The van der Waals surface area contributed by atoms with Gasteiger partial charge in [-0.25, -0.2) is 4.98 Å². The first-order chi connectivity index (χ1) is 19.5. The average molecular weight is 562 g/mol. The Morgan fingerprint density at radius 2 is 1.90 bits per heavy atom. The Balaban J connectivity index is 1.68. The number of hydrogen-bond donors (Lipinski definition) is 2. The number of fused-ring (bicyclic) bond motifs is 1. The van der Waals surface area contributed by atoms with Crippen molar-refractivity contribution < 1.29 is 23.1 Å². The van der Waals surface area contributed by atoms with Crippen molar-refractivity contribution in [1.29, 1.82) is 5.26 Å². The van der Waals surface area contributed by atoms with Crippen LogP contribution >= 0.6 is 0 Å². The smallest absolute Gasteiger partial charge is 0.392 e. The number of alkyl halides is 3. The van der Waals surface area contributed by atoms with E-state index in [9.17, 15) is 28.3 Å². The molecule has 12 heteroatoms. The van der Waals surface area contributed by atoms with Crippen molar-refractivity contribution in [3.8, 4) is 28.6 Å². The second kappa shape index (κ2) is 10.7. The maximum atomic E-state index is 13.9. The van der Waals surface area contributed by atoms with Gasteiger partial charge in [-0.3, -0.25) is 9.69 Å². The van der Waals surface area contributed by atoms with Gasteiger partial charge in [0.2, 0.25) is 0 Å². The van der Waals surface area contributed by atoms with Gasteiger partial charge >= 0.3 is 6.18 Å². The number of rotatable bonds is 7. The number of aliphatic hydroxyl groups is 1. The number of aryl methyl sites for hydroxylation is 1. The average Bonchev–Trinajstić information content (AvgIpc) is 3.52. The Kier molecular flexibility index (Phi) is 7.23. The van der Waals surface area contributed by atoms with E-state index in [2.05, 4.69) is 26.6 Å². The molecule has 0 bridgehead atoms. The molecule has 0 spiro atoms. The second-order valence-electron chi connectivity index (χ2n) is 10.2. The highest BCUT2D eigenvalue weighted by molar-refractivity contribution is 6.10. The van der Waals surface area contributed by atoms with Crippen molar-refractivity contribution in [1.82, 2.24) is 19.7 Å². The molecule has 0 aliphatic carbocycles.